The van der Waals surface area contributed by atoms with E-state index in [1.54, 1.807) is 12.3 Å². The Bertz CT molecular complexity index is 885. The van der Waals surface area contributed by atoms with Crippen molar-refractivity contribution in [1.29, 1.82) is 0 Å². The van der Waals surface area contributed by atoms with Crippen molar-refractivity contribution in [2.24, 2.45) is 4.99 Å². The van der Waals surface area contributed by atoms with Gasteiger partial charge in [0, 0.05) is 23.2 Å². The summed E-state index contributed by atoms with van der Waals surface area (Å²) in [5, 5.41) is 9.11. The number of carbonyl (C=O) groups is 1. The summed E-state index contributed by atoms with van der Waals surface area (Å²) >= 11 is 0. The Balaban J connectivity index is 1.88. The van der Waals surface area contributed by atoms with Gasteiger partial charge in [0.05, 0.1) is 24.7 Å². The molecule has 1 atom stereocenters. The highest BCUT2D eigenvalue weighted by molar-refractivity contribution is 6.13. The van der Waals surface area contributed by atoms with Crippen LogP contribution < -0.4 is 5.48 Å². The van der Waals surface area contributed by atoms with E-state index < -0.39 is 12.0 Å². The number of hydroxylamine groups is 1. The third-order valence-electron chi connectivity index (χ3n) is 4.20. The van der Waals surface area contributed by atoms with Crippen molar-refractivity contribution in [3.8, 4) is 0 Å². The molecular weight excluding hydrogens is 354 g/mol. The number of hydrogen-bond acceptors (Lipinski definition) is 6. The Morgan fingerprint density at radius 1 is 1.04 bits per heavy atom. The van der Waals surface area contributed by atoms with Crippen LogP contribution >= 0.6 is 0 Å². The van der Waals surface area contributed by atoms with Gasteiger partial charge in [-0.2, -0.15) is 5.48 Å². The molecule has 0 bridgehead atoms. The van der Waals surface area contributed by atoms with E-state index >= 15 is 0 Å². The molecule has 28 heavy (non-hydrogen) atoms. The number of rotatable bonds is 7. The molecule has 1 heterocycles. The molecule has 2 aromatic carbocycles. The summed E-state index contributed by atoms with van der Waals surface area (Å²) in [6, 6.07) is 22.6. The number of pyridine rings is 1. The first-order chi connectivity index (χ1) is 13.7. The van der Waals surface area contributed by atoms with Crippen LogP contribution in [0.3, 0.4) is 0 Å². The molecule has 0 radical (unpaired) electrons. The Morgan fingerprint density at radius 2 is 1.64 bits per heavy atom. The molecule has 0 aliphatic carbocycles. The summed E-state index contributed by atoms with van der Waals surface area (Å²) in [6.07, 6.45) is 1.85. The van der Waals surface area contributed by atoms with E-state index in [-0.39, 0.29) is 6.42 Å². The molecule has 1 aromatic heterocycles. The molecule has 142 valence electrons. The highest BCUT2D eigenvalue weighted by atomic mass is 16.5. The Hall–Kier alpha value is -3.35. The maximum Gasteiger partial charge on any atom is 0.325 e. The number of benzene rings is 2. The lowest BCUT2D eigenvalue weighted by atomic mass is 10.0. The van der Waals surface area contributed by atoms with Crippen LogP contribution in [0, 0.1) is 0 Å². The summed E-state index contributed by atoms with van der Waals surface area (Å²) in [5.74, 6) is -0.554. The lowest BCUT2D eigenvalue weighted by Gasteiger charge is -2.12. The number of nitrogens with one attached hydrogen (secondary N) is 1. The van der Waals surface area contributed by atoms with E-state index in [9.17, 15) is 4.79 Å². The van der Waals surface area contributed by atoms with Crippen LogP contribution in [0.25, 0.3) is 0 Å². The van der Waals surface area contributed by atoms with Crippen LogP contribution in [0.15, 0.2) is 84.0 Å². The molecule has 6 heteroatoms. The molecule has 2 N–H and O–H groups in total. The molecule has 0 aliphatic rings. The fourth-order valence-corrected chi connectivity index (χ4v) is 2.75. The second-order valence-electron chi connectivity index (χ2n) is 6.11. The van der Waals surface area contributed by atoms with E-state index in [0.717, 1.165) is 16.8 Å². The highest BCUT2D eigenvalue weighted by Crippen LogP contribution is 2.18. The Kier molecular flexibility index (Phi) is 6.62. The molecule has 0 amide bonds. The SMILES string of the molecule is COC(=O)[C@H](Cc1ccc(N=C(c2ccccc2)c2ccccc2)cn1)NO. The summed E-state index contributed by atoms with van der Waals surface area (Å²) in [6.45, 7) is 0. The smallest absolute Gasteiger partial charge is 0.325 e. The van der Waals surface area contributed by atoms with Crippen LogP contribution in [0.5, 0.6) is 0 Å². The van der Waals surface area contributed by atoms with Gasteiger partial charge in [0.2, 0.25) is 0 Å². The van der Waals surface area contributed by atoms with E-state index in [0.29, 0.717) is 11.4 Å². The van der Waals surface area contributed by atoms with E-state index in [1.165, 1.54) is 7.11 Å². The zero-order valence-corrected chi connectivity index (χ0v) is 15.4. The van der Waals surface area contributed by atoms with Crippen LogP contribution in [-0.4, -0.2) is 35.0 Å². The van der Waals surface area contributed by atoms with Gasteiger partial charge >= 0.3 is 5.97 Å². The summed E-state index contributed by atoms with van der Waals surface area (Å²) in [7, 11) is 1.27. The van der Waals surface area contributed by atoms with E-state index in [4.69, 9.17) is 10.2 Å². The van der Waals surface area contributed by atoms with Crippen molar-refractivity contribution in [3.05, 3.63) is 95.8 Å². The van der Waals surface area contributed by atoms with Gasteiger partial charge in [-0.1, -0.05) is 60.7 Å². The van der Waals surface area contributed by atoms with Crippen molar-refractivity contribution in [3.63, 3.8) is 0 Å². The monoisotopic (exact) mass is 375 g/mol. The molecule has 3 rings (SSSR count). The van der Waals surface area contributed by atoms with Gasteiger partial charge in [-0.05, 0) is 12.1 Å². The van der Waals surface area contributed by atoms with Crippen LogP contribution in [0.2, 0.25) is 0 Å². The molecular formula is C22H21N3O3. The predicted octanol–water partition coefficient (Wildman–Crippen LogP) is 3.31. The molecule has 0 unspecified atom stereocenters. The molecule has 0 fully saturated rings. The van der Waals surface area contributed by atoms with Gasteiger partial charge in [0.15, 0.2) is 0 Å². The quantitative estimate of drug-likeness (QED) is 0.376. The number of methoxy groups -OCH3 is 1. The maximum atomic E-state index is 11.6. The normalized spacial score (nSPS) is 11.5. The first-order valence-corrected chi connectivity index (χ1v) is 8.83. The Labute approximate surface area is 163 Å². The average Bonchev–Trinajstić information content (AvgIpc) is 2.77. The number of aromatic nitrogens is 1. The van der Waals surface area contributed by atoms with Crippen molar-refractivity contribution < 1.29 is 14.7 Å². The Morgan fingerprint density at radius 3 is 2.11 bits per heavy atom. The number of carbonyl (C=O) groups excluding carboxylic acids is 1. The minimum Gasteiger partial charge on any atom is -0.468 e. The molecule has 0 saturated heterocycles. The van der Waals surface area contributed by atoms with Crippen LogP contribution in [-0.2, 0) is 16.0 Å². The van der Waals surface area contributed by atoms with Gasteiger partial charge < -0.3 is 9.94 Å². The largest absolute Gasteiger partial charge is 0.468 e. The molecule has 0 saturated carbocycles. The van der Waals surface area contributed by atoms with Crippen LogP contribution in [0.1, 0.15) is 16.8 Å². The minimum absolute atomic E-state index is 0.206. The lowest BCUT2D eigenvalue weighted by Crippen LogP contribution is -2.37. The molecule has 3 aromatic rings. The number of esters is 1. The number of hydrogen-bond donors (Lipinski definition) is 2. The van der Waals surface area contributed by atoms with Gasteiger partial charge in [0.25, 0.3) is 0 Å². The van der Waals surface area contributed by atoms with Crippen molar-refractivity contribution >= 4 is 17.4 Å². The fourth-order valence-electron chi connectivity index (χ4n) is 2.75. The summed E-state index contributed by atoms with van der Waals surface area (Å²) < 4.78 is 4.64. The van der Waals surface area contributed by atoms with Crippen molar-refractivity contribution in [2.75, 3.05) is 7.11 Å². The van der Waals surface area contributed by atoms with Gasteiger partial charge in [-0.3, -0.25) is 9.78 Å². The third-order valence-corrected chi connectivity index (χ3v) is 4.20. The third kappa shape index (κ3) is 4.88. The summed E-state index contributed by atoms with van der Waals surface area (Å²) in [5.41, 5.74) is 6.14. The van der Waals surface area contributed by atoms with Crippen molar-refractivity contribution in [2.45, 2.75) is 12.5 Å². The van der Waals surface area contributed by atoms with Crippen molar-refractivity contribution in [1.82, 2.24) is 10.5 Å². The first kappa shape index (κ1) is 19.4. The predicted molar refractivity (Wildman–Crippen MR) is 107 cm³/mol. The zero-order chi connectivity index (χ0) is 19.8. The van der Waals surface area contributed by atoms with Gasteiger partial charge in [-0.25, -0.2) is 4.99 Å². The topological polar surface area (TPSA) is 83.8 Å². The highest BCUT2D eigenvalue weighted by Gasteiger charge is 2.19. The number of ether oxygens (including phenoxy) is 1. The second kappa shape index (κ2) is 9.55. The van der Waals surface area contributed by atoms with Gasteiger partial charge in [-0.15, -0.1) is 0 Å². The lowest BCUT2D eigenvalue weighted by molar-refractivity contribution is -0.145. The molecule has 0 aliphatic heterocycles. The maximum absolute atomic E-state index is 11.6. The minimum atomic E-state index is -0.865. The number of nitrogens with zero attached hydrogens (tertiary/aromatic N) is 2. The number of aliphatic imine (C=N–C) groups is 1. The standard InChI is InChI=1S/C22H21N3O3/c1-28-22(26)20(25-27)14-18-12-13-19(15-23-18)24-21(16-8-4-2-5-9-16)17-10-6-3-7-11-17/h2-13,15,20,25,27H,14H2,1H3/t20-/m0/s1. The van der Waals surface area contributed by atoms with E-state index in [1.807, 2.05) is 72.2 Å². The fraction of sp³-hybridized carbons (Fsp3) is 0.136. The van der Waals surface area contributed by atoms with Crippen LogP contribution in [0.4, 0.5) is 5.69 Å². The average molecular weight is 375 g/mol. The zero-order valence-electron chi connectivity index (χ0n) is 15.4. The molecule has 0 spiro atoms. The van der Waals surface area contributed by atoms with E-state index in [2.05, 4.69) is 9.72 Å². The van der Waals surface area contributed by atoms with Gasteiger partial charge in [0.1, 0.15) is 6.04 Å². The summed E-state index contributed by atoms with van der Waals surface area (Å²) in [4.78, 5) is 20.7. The molecule has 6 nitrogen and oxygen atoms in total. The second-order valence-corrected chi connectivity index (χ2v) is 6.11. The first-order valence-electron chi connectivity index (χ1n) is 8.83.